The maximum Gasteiger partial charge on any atom is 2.00 e. The van der Waals surface area contributed by atoms with Crippen LogP contribution in [0.4, 0.5) is 0 Å². The second-order valence-electron chi connectivity index (χ2n) is 13.8. The van der Waals surface area contributed by atoms with Crippen molar-refractivity contribution in [2.75, 3.05) is 0 Å². The maximum atomic E-state index is 9.92. The SMILES string of the molecule is CCCCCCCC(=O)[O-].CCCCCCCC(=O)[O-].[Ni+2].c1ccc(P(c2ccccc2)c2ccccc2)cc1.c1ccc(P(c2ccccc2)c2ccccc2)cc1. The Kier molecular flexibility index (Phi) is 27.9. The summed E-state index contributed by atoms with van der Waals surface area (Å²) in [4.78, 5) is 19.8. The van der Waals surface area contributed by atoms with Crippen LogP contribution in [0.3, 0.4) is 0 Å². The van der Waals surface area contributed by atoms with Crippen molar-refractivity contribution in [3.63, 3.8) is 0 Å². The number of unbranched alkanes of at least 4 members (excludes halogenated alkanes) is 8. The van der Waals surface area contributed by atoms with Crippen LogP contribution in [0.15, 0.2) is 182 Å². The molecule has 0 aliphatic heterocycles. The Bertz CT molecular complexity index is 1570. The molecule has 0 aliphatic rings. The van der Waals surface area contributed by atoms with Crippen molar-refractivity contribution in [3.05, 3.63) is 182 Å². The minimum Gasteiger partial charge on any atom is -0.550 e. The molecule has 0 amide bonds. The molecule has 312 valence electrons. The molecule has 0 aromatic heterocycles. The third-order valence-electron chi connectivity index (χ3n) is 9.06. The van der Waals surface area contributed by atoms with E-state index in [4.69, 9.17) is 0 Å². The van der Waals surface area contributed by atoms with E-state index in [0.717, 1.165) is 38.5 Å². The van der Waals surface area contributed by atoms with Gasteiger partial charge in [-0.1, -0.05) is 247 Å². The summed E-state index contributed by atoms with van der Waals surface area (Å²) in [6, 6.07) is 64.7. The summed E-state index contributed by atoms with van der Waals surface area (Å²) in [5.74, 6) is -1.84. The molecule has 0 saturated heterocycles. The van der Waals surface area contributed by atoms with E-state index in [9.17, 15) is 19.8 Å². The number of rotatable bonds is 18. The molecule has 0 radical (unpaired) electrons. The minimum atomic E-state index is -0.920. The van der Waals surface area contributed by atoms with E-state index in [1.165, 1.54) is 57.5 Å². The molecule has 0 heterocycles. The van der Waals surface area contributed by atoms with Crippen molar-refractivity contribution >= 4 is 59.6 Å². The fourth-order valence-corrected chi connectivity index (χ4v) is 10.7. The average Bonchev–Trinajstić information content (AvgIpc) is 3.27. The van der Waals surface area contributed by atoms with E-state index in [2.05, 4.69) is 196 Å². The largest absolute Gasteiger partial charge is 2.00 e. The number of benzene rings is 6. The van der Waals surface area contributed by atoms with Gasteiger partial charge in [0.15, 0.2) is 0 Å². The normalized spacial score (nSPS) is 10.1. The van der Waals surface area contributed by atoms with Gasteiger partial charge in [-0.05, 0) is 73.4 Å². The summed E-state index contributed by atoms with van der Waals surface area (Å²) in [5, 5.41) is 28.2. The first-order valence-corrected chi connectivity index (χ1v) is 23.4. The fourth-order valence-electron chi connectivity index (χ4n) is 6.10. The number of carboxylic acid groups (broad SMARTS) is 2. The Morgan fingerprint density at radius 2 is 0.525 bits per heavy atom. The predicted molar refractivity (Wildman–Crippen MR) is 247 cm³/mol. The molecule has 0 saturated carbocycles. The summed E-state index contributed by atoms with van der Waals surface area (Å²) < 4.78 is 0. The van der Waals surface area contributed by atoms with Crippen LogP contribution >= 0.6 is 15.8 Å². The zero-order valence-electron chi connectivity index (χ0n) is 34.6. The van der Waals surface area contributed by atoms with Gasteiger partial charge in [0.1, 0.15) is 0 Å². The zero-order chi connectivity index (χ0) is 41.5. The molecule has 59 heavy (non-hydrogen) atoms. The molecule has 0 fully saturated rings. The van der Waals surface area contributed by atoms with Crippen molar-refractivity contribution in [2.45, 2.75) is 90.9 Å². The van der Waals surface area contributed by atoms with Crippen molar-refractivity contribution in [1.29, 1.82) is 0 Å². The van der Waals surface area contributed by atoms with Crippen molar-refractivity contribution in [1.82, 2.24) is 0 Å². The fraction of sp³-hybridized carbons (Fsp3) is 0.269. The molecule has 0 bridgehead atoms. The monoisotopic (exact) mass is 868 g/mol. The van der Waals surface area contributed by atoms with E-state index >= 15 is 0 Å². The van der Waals surface area contributed by atoms with Gasteiger partial charge in [-0.2, -0.15) is 0 Å². The van der Waals surface area contributed by atoms with E-state index in [0.29, 0.717) is 0 Å². The number of aliphatic carboxylic acids is 2. The third kappa shape index (κ3) is 21.4. The van der Waals surface area contributed by atoms with Gasteiger partial charge in [0.25, 0.3) is 0 Å². The van der Waals surface area contributed by atoms with Crippen LogP contribution in [0.25, 0.3) is 0 Å². The second-order valence-corrected chi connectivity index (χ2v) is 18.2. The summed E-state index contributed by atoms with van der Waals surface area (Å²) in [6.45, 7) is 4.28. The Morgan fingerprint density at radius 3 is 0.695 bits per heavy atom. The minimum absolute atomic E-state index is 0. The van der Waals surface area contributed by atoms with Gasteiger partial charge >= 0.3 is 16.5 Å². The smallest absolute Gasteiger partial charge is 0.550 e. The van der Waals surface area contributed by atoms with Crippen LogP contribution in [0.1, 0.15) is 90.9 Å². The average molecular weight is 870 g/mol. The first-order chi connectivity index (χ1) is 28.4. The van der Waals surface area contributed by atoms with E-state index < -0.39 is 27.8 Å². The topological polar surface area (TPSA) is 80.3 Å². The van der Waals surface area contributed by atoms with E-state index in [-0.39, 0.29) is 29.3 Å². The molecule has 6 aromatic rings. The molecule has 0 N–H and O–H groups in total. The Morgan fingerprint density at radius 1 is 0.339 bits per heavy atom. The molecule has 6 rings (SSSR count). The zero-order valence-corrected chi connectivity index (χ0v) is 37.4. The summed E-state index contributed by atoms with van der Waals surface area (Å²) in [5.41, 5.74) is 0. The van der Waals surface area contributed by atoms with E-state index in [1.54, 1.807) is 0 Å². The number of hydrogen-bond acceptors (Lipinski definition) is 4. The van der Waals surface area contributed by atoms with Crippen LogP contribution in [-0.4, -0.2) is 11.9 Å². The summed E-state index contributed by atoms with van der Waals surface area (Å²) >= 11 is 0. The molecule has 7 heteroatoms. The van der Waals surface area contributed by atoms with Crippen molar-refractivity contribution in [3.8, 4) is 0 Å². The first-order valence-electron chi connectivity index (χ1n) is 20.7. The first kappa shape index (κ1) is 50.8. The van der Waals surface area contributed by atoms with Crippen molar-refractivity contribution in [2.24, 2.45) is 0 Å². The molecule has 0 spiro atoms. The molecule has 4 nitrogen and oxygen atoms in total. The van der Waals surface area contributed by atoms with Gasteiger partial charge in [-0.15, -0.1) is 0 Å². The Balaban J connectivity index is 0.000000283. The van der Waals surface area contributed by atoms with Gasteiger partial charge in [-0.3, -0.25) is 0 Å². The van der Waals surface area contributed by atoms with Crippen LogP contribution in [0, 0.1) is 0 Å². The standard InChI is InChI=1S/2C18H15P.2C8H16O2.Ni/c2*1-4-10-16(11-5-1)19(17-12-6-2-7-13-17)18-14-8-3-9-15-18;2*1-2-3-4-5-6-7-8(9)10;/h2*1-15H;2*2-7H2,1H3,(H,9,10);/q;;;;+2/p-2. The van der Waals surface area contributed by atoms with Crippen LogP contribution in [0.5, 0.6) is 0 Å². The van der Waals surface area contributed by atoms with Gasteiger partial charge in [0.05, 0.1) is 0 Å². The molecule has 0 atom stereocenters. The maximum absolute atomic E-state index is 9.92. The quantitative estimate of drug-likeness (QED) is 0.0491. The number of hydrogen-bond donors (Lipinski definition) is 0. The Hall–Kier alpha value is -4.39. The summed E-state index contributed by atoms with van der Waals surface area (Å²) in [6.07, 6.45) is 11.2. The van der Waals surface area contributed by atoms with Crippen LogP contribution < -0.4 is 42.0 Å². The van der Waals surface area contributed by atoms with Gasteiger partial charge in [0.2, 0.25) is 0 Å². The number of carboxylic acids is 2. The molecule has 0 aliphatic carbocycles. The number of carbonyl (C=O) groups excluding carboxylic acids is 2. The van der Waals surface area contributed by atoms with Gasteiger partial charge in [0, 0.05) is 11.9 Å². The number of carbonyl (C=O) groups is 2. The van der Waals surface area contributed by atoms with Gasteiger partial charge in [-0.25, -0.2) is 0 Å². The predicted octanol–water partition coefficient (Wildman–Crippen LogP) is 9.08. The van der Waals surface area contributed by atoms with Crippen LogP contribution in [-0.2, 0) is 26.1 Å². The third-order valence-corrected chi connectivity index (χ3v) is 13.9. The second kappa shape index (κ2) is 32.5. The van der Waals surface area contributed by atoms with E-state index in [1.807, 2.05) is 0 Å². The van der Waals surface area contributed by atoms with Gasteiger partial charge < -0.3 is 19.8 Å². The molecular formula is C52H60NiO4P2. The van der Waals surface area contributed by atoms with Crippen LogP contribution in [0.2, 0.25) is 0 Å². The summed E-state index contributed by atoms with van der Waals surface area (Å²) in [7, 11) is -0.892. The molecular weight excluding hydrogens is 809 g/mol. The Labute approximate surface area is 367 Å². The molecule has 0 unspecified atom stereocenters. The van der Waals surface area contributed by atoms with Crippen molar-refractivity contribution < 1.29 is 36.3 Å². The molecule has 6 aromatic carbocycles.